The third kappa shape index (κ3) is 3.54. The van der Waals surface area contributed by atoms with Crippen LogP contribution in [-0.4, -0.2) is 24.1 Å². The van der Waals surface area contributed by atoms with Crippen molar-refractivity contribution in [2.45, 2.75) is 13.5 Å². The van der Waals surface area contributed by atoms with Gasteiger partial charge in [0.1, 0.15) is 5.92 Å². The van der Waals surface area contributed by atoms with Crippen LogP contribution >= 0.6 is 15.9 Å². The monoisotopic (exact) mass is 315 g/mol. The van der Waals surface area contributed by atoms with Gasteiger partial charge >= 0.3 is 5.97 Å². The number of carbonyl (C=O) groups excluding carboxylic acids is 1. The number of nitrogens with one attached hydrogen (secondary N) is 1. The van der Waals surface area contributed by atoms with Crippen molar-refractivity contribution >= 4 is 33.5 Å². The Labute approximate surface area is 113 Å². The number of benzene rings is 1. The minimum absolute atomic E-state index is 0.318. The number of hydrogen-bond acceptors (Lipinski definition) is 3. The Bertz CT molecular complexity index is 461. The van der Waals surface area contributed by atoms with Crippen LogP contribution < -0.4 is 5.32 Å². The maximum absolute atomic E-state index is 11.7. The molecule has 18 heavy (non-hydrogen) atoms. The smallest absolute Gasteiger partial charge is 0.315 e. The average Bonchev–Trinajstić information content (AvgIpc) is 2.32. The van der Waals surface area contributed by atoms with Crippen LogP contribution in [0.5, 0.6) is 0 Å². The second kappa shape index (κ2) is 6.51. The van der Waals surface area contributed by atoms with Gasteiger partial charge in [-0.3, -0.25) is 9.59 Å². The molecule has 6 heteroatoms. The molecule has 1 rings (SSSR count). The minimum atomic E-state index is -1.16. The van der Waals surface area contributed by atoms with E-state index in [2.05, 4.69) is 21.2 Å². The van der Waals surface area contributed by atoms with Crippen molar-refractivity contribution in [3.63, 3.8) is 0 Å². The van der Waals surface area contributed by atoms with Gasteiger partial charge in [-0.25, -0.2) is 0 Å². The SMILES string of the molecule is COCc1c(Br)cccc1NC(=O)C(C)C(=O)O. The fourth-order valence-electron chi connectivity index (χ4n) is 1.32. The molecule has 1 aromatic carbocycles. The van der Waals surface area contributed by atoms with E-state index in [0.717, 1.165) is 10.0 Å². The van der Waals surface area contributed by atoms with Crippen molar-refractivity contribution in [2.24, 2.45) is 5.92 Å². The zero-order valence-corrected chi connectivity index (χ0v) is 11.7. The summed E-state index contributed by atoms with van der Waals surface area (Å²) in [6.45, 7) is 1.66. The van der Waals surface area contributed by atoms with Gasteiger partial charge in [-0.1, -0.05) is 22.0 Å². The predicted octanol–water partition coefficient (Wildman–Crippen LogP) is 2.25. The Morgan fingerprint density at radius 2 is 2.17 bits per heavy atom. The maximum atomic E-state index is 11.7. The Kier molecular flexibility index (Phi) is 5.30. The molecule has 5 nitrogen and oxygen atoms in total. The number of rotatable bonds is 5. The Balaban J connectivity index is 2.93. The van der Waals surface area contributed by atoms with Crippen molar-refractivity contribution in [1.29, 1.82) is 0 Å². The Morgan fingerprint density at radius 3 is 2.72 bits per heavy atom. The quantitative estimate of drug-likeness (QED) is 0.817. The van der Waals surface area contributed by atoms with Gasteiger partial charge in [-0.05, 0) is 19.1 Å². The van der Waals surface area contributed by atoms with Gasteiger partial charge in [-0.2, -0.15) is 0 Å². The molecule has 0 aliphatic carbocycles. The number of carboxylic acid groups (broad SMARTS) is 1. The maximum Gasteiger partial charge on any atom is 0.315 e. The third-order valence-corrected chi connectivity index (χ3v) is 3.17. The van der Waals surface area contributed by atoms with Crippen LogP contribution in [0.2, 0.25) is 0 Å². The highest BCUT2D eigenvalue weighted by Crippen LogP contribution is 2.25. The van der Waals surface area contributed by atoms with Gasteiger partial charge in [0, 0.05) is 22.8 Å². The summed E-state index contributed by atoms with van der Waals surface area (Å²) in [7, 11) is 1.55. The summed E-state index contributed by atoms with van der Waals surface area (Å²) in [6.07, 6.45) is 0. The van der Waals surface area contributed by atoms with Crippen LogP contribution in [0.15, 0.2) is 22.7 Å². The van der Waals surface area contributed by atoms with Crippen LogP contribution in [0.25, 0.3) is 0 Å². The molecule has 98 valence electrons. The van der Waals surface area contributed by atoms with E-state index in [0.29, 0.717) is 12.3 Å². The molecule has 1 aromatic rings. The highest BCUT2D eigenvalue weighted by molar-refractivity contribution is 9.10. The normalized spacial score (nSPS) is 11.9. The number of methoxy groups -OCH3 is 1. The summed E-state index contributed by atoms with van der Waals surface area (Å²) in [4.78, 5) is 22.4. The molecule has 1 unspecified atom stereocenters. The molecule has 1 atom stereocenters. The number of carboxylic acids is 1. The first-order chi connectivity index (χ1) is 8.47. The zero-order chi connectivity index (χ0) is 13.7. The van der Waals surface area contributed by atoms with Crippen LogP contribution in [-0.2, 0) is 20.9 Å². The minimum Gasteiger partial charge on any atom is -0.481 e. The van der Waals surface area contributed by atoms with E-state index in [1.807, 2.05) is 6.07 Å². The first-order valence-corrected chi connectivity index (χ1v) is 6.06. The molecule has 0 saturated carbocycles. The summed E-state index contributed by atoms with van der Waals surface area (Å²) >= 11 is 3.36. The second-order valence-electron chi connectivity index (χ2n) is 3.75. The van der Waals surface area contributed by atoms with Crippen LogP contribution in [0.1, 0.15) is 12.5 Å². The summed E-state index contributed by atoms with van der Waals surface area (Å²) < 4.78 is 5.84. The average molecular weight is 316 g/mol. The number of carbonyl (C=O) groups is 2. The van der Waals surface area contributed by atoms with E-state index in [1.54, 1.807) is 19.2 Å². The zero-order valence-electron chi connectivity index (χ0n) is 10.1. The molecule has 0 saturated heterocycles. The van der Waals surface area contributed by atoms with E-state index in [-0.39, 0.29) is 0 Å². The number of hydrogen-bond donors (Lipinski definition) is 2. The van der Waals surface area contributed by atoms with E-state index < -0.39 is 17.8 Å². The van der Waals surface area contributed by atoms with Crippen LogP contribution in [0, 0.1) is 5.92 Å². The van der Waals surface area contributed by atoms with Gasteiger partial charge in [0.05, 0.1) is 6.61 Å². The molecule has 0 spiro atoms. The van der Waals surface area contributed by atoms with Crippen LogP contribution in [0.4, 0.5) is 5.69 Å². The molecule has 0 heterocycles. The van der Waals surface area contributed by atoms with Crippen molar-refractivity contribution in [1.82, 2.24) is 0 Å². The standard InChI is InChI=1S/C12H14BrNO4/c1-7(12(16)17)11(15)14-10-5-3-4-9(13)8(10)6-18-2/h3-5,7H,6H2,1-2H3,(H,14,15)(H,16,17). The fraction of sp³-hybridized carbons (Fsp3) is 0.333. The number of ether oxygens (including phenoxy) is 1. The summed E-state index contributed by atoms with van der Waals surface area (Å²) in [5, 5.41) is 11.4. The van der Waals surface area contributed by atoms with E-state index in [4.69, 9.17) is 9.84 Å². The molecule has 1 amide bonds. The molecular weight excluding hydrogens is 302 g/mol. The lowest BCUT2D eigenvalue weighted by molar-refractivity contribution is -0.144. The number of amides is 1. The molecule has 0 radical (unpaired) electrons. The topological polar surface area (TPSA) is 75.6 Å². The summed E-state index contributed by atoms with van der Waals surface area (Å²) in [5.41, 5.74) is 1.32. The van der Waals surface area contributed by atoms with E-state index >= 15 is 0 Å². The molecule has 0 aromatic heterocycles. The highest BCUT2D eigenvalue weighted by Gasteiger charge is 2.21. The number of anilines is 1. The lowest BCUT2D eigenvalue weighted by Crippen LogP contribution is -2.27. The van der Waals surface area contributed by atoms with Gasteiger partial charge in [0.2, 0.25) is 5.91 Å². The van der Waals surface area contributed by atoms with Crippen molar-refractivity contribution in [3.8, 4) is 0 Å². The van der Waals surface area contributed by atoms with Gasteiger partial charge in [0.15, 0.2) is 0 Å². The van der Waals surface area contributed by atoms with Gasteiger partial charge < -0.3 is 15.2 Å². The first kappa shape index (κ1) is 14.7. The molecule has 2 N–H and O–H groups in total. The number of halogens is 1. The molecule has 0 aliphatic heterocycles. The lowest BCUT2D eigenvalue weighted by Gasteiger charge is -2.13. The van der Waals surface area contributed by atoms with Crippen LogP contribution in [0.3, 0.4) is 0 Å². The van der Waals surface area contributed by atoms with E-state index in [1.165, 1.54) is 6.92 Å². The van der Waals surface area contributed by atoms with E-state index in [9.17, 15) is 9.59 Å². The molecule has 0 bridgehead atoms. The van der Waals surface area contributed by atoms with Crippen molar-refractivity contribution in [2.75, 3.05) is 12.4 Å². The second-order valence-corrected chi connectivity index (χ2v) is 4.60. The predicted molar refractivity (Wildman–Crippen MR) is 70.3 cm³/mol. The fourth-order valence-corrected chi connectivity index (χ4v) is 1.80. The third-order valence-electron chi connectivity index (χ3n) is 2.43. The molecule has 0 fully saturated rings. The first-order valence-electron chi connectivity index (χ1n) is 5.27. The Morgan fingerprint density at radius 1 is 1.50 bits per heavy atom. The summed E-state index contributed by atoms with van der Waals surface area (Å²) in [5.74, 6) is -2.81. The summed E-state index contributed by atoms with van der Waals surface area (Å²) in [6, 6.07) is 5.28. The molecule has 0 aliphatic rings. The lowest BCUT2D eigenvalue weighted by atomic mass is 10.1. The largest absolute Gasteiger partial charge is 0.481 e. The Hall–Kier alpha value is -1.40. The van der Waals surface area contributed by atoms with Crippen molar-refractivity contribution in [3.05, 3.63) is 28.2 Å². The van der Waals surface area contributed by atoms with Gasteiger partial charge in [0.25, 0.3) is 0 Å². The highest BCUT2D eigenvalue weighted by atomic mass is 79.9. The molecular formula is C12H14BrNO4. The van der Waals surface area contributed by atoms with Gasteiger partial charge in [-0.15, -0.1) is 0 Å². The van der Waals surface area contributed by atoms with Crippen molar-refractivity contribution < 1.29 is 19.4 Å². The number of aliphatic carboxylic acids is 1.